The summed E-state index contributed by atoms with van der Waals surface area (Å²) < 4.78 is 0. The number of nitrogens with two attached hydrogens (primary N) is 1. The summed E-state index contributed by atoms with van der Waals surface area (Å²) in [6.45, 7) is 4.76. The molecular weight excluding hydrogens is 367 g/mol. The Labute approximate surface area is 136 Å². The van der Waals surface area contributed by atoms with Gasteiger partial charge in [0.15, 0.2) is 5.96 Å². The lowest BCUT2D eigenvalue weighted by Gasteiger charge is -2.16. The van der Waals surface area contributed by atoms with Gasteiger partial charge in [0, 0.05) is 18.3 Å². The number of para-hydroxylation sites is 1. The van der Waals surface area contributed by atoms with E-state index >= 15 is 0 Å². The van der Waals surface area contributed by atoms with Gasteiger partial charge in [0.2, 0.25) is 5.91 Å². The minimum Gasteiger partial charge on any atom is -0.370 e. The molecule has 6 heteroatoms. The van der Waals surface area contributed by atoms with Crippen LogP contribution < -0.4 is 16.0 Å². The zero-order valence-corrected chi connectivity index (χ0v) is 14.1. The van der Waals surface area contributed by atoms with E-state index in [1.165, 1.54) is 5.56 Å². The second-order valence-electron chi connectivity index (χ2n) is 4.92. The Morgan fingerprint density at radius 3 is 2.85 bits per heavy atom. The van der Waals surface area contributed by atoms with Crippen LogP contribution in [-0.4, -0.2) is 31.0 Å². The molecule has 0 aliphatic carbocycles. The molecule has 0 fully saturated rings. The van der Waals surface area contributed by atoms with Crippen LogP contribution >= 0.6 is 24.0 Å². The lowest BCUT2D eigenvalue weighted by atomic mass is 10.2. The second kappa shape index (κ2) is 7.47. The third kappa shape index (κ3) is 4.09. The number of guanidine groups is 1. The molecule has 0 atom stereocenters. The van der Waals surface area contributed by atoms with Crippen molar-refractivity contribution in [1.82, 2.24) is 5.32 Å². The summed E-state index contributed by atoms with van der Waals surface area (Å²) in [6, 6.07) is 8.18. The highest BCUT2D eigenvalue weighted by Crippen LogP contribution is 2.27. The lowest BCUT2D eigenvalue weighted by molar-refractivity contribution is -0.117. The van der Waals surface area contributed by atoms with Crippen molar-refractivity contribution >= 4 is 41.5 Å². The highest BCUT2D eigenvalue weighted by Gasteiger charge is 2.23. The Bertz CT molecular complexity index is 502. The van der Waals surface area contributed by atoms with Crippen LogP contribution in [0.25, 0.3) is 0 Å². The topological polar surface area (TPSA) is 70.7 Å². The maximum Gasteiger partial charge on any atom is 0.248 e. The van der Waals surface area contributed by atoms with Gasteiger partial charge in [-0.1, -0.05) is 18.2 Å². The average Bonchev–Trinajstić information content (AvgIpc) is 2.79. The van der Waals surface area contributed by atoms with E-state index < -0.39 is 0 Å². The number of benzene rings is 1. The molecule has 0 saturated carbocycles. The lowest BCUT2D eigenvalue weighted by Crippen LogP contribution is -2.38. The van der Waals surface area contributed by atoms with E-state index in [4.69, 9.17) is 5.73 Å². The van der Waals surface area contributed by atoms with Crippen molar-refractivity contribution in [1.29, 1.82) is 0 Å². The van der Waals surface area contributed by atoms with Crippen molar-refractivity contribution in [3.05, 3.63) is 29.8 Å². The van der Waals surface area contributed by atoms with Crippen molar-refractivity contribution in [2.45, 2.75) is 26.3 Å². The standard InChI is InChI=1S/C14H20N4O.HI/c1-10(2)17-14(15)16-9-13(19)18-8-7-11-5-3-4-6-12(11)18;/h3-6,10H,7-9H2,1-2H3,(H3,15,16,17);1H. The molecule has 0 bridgehead atoms. The predicted octanol–water partition coefficient (Wildman–Crippen LogP) is 1.51. The number of rotatable bonds is 3. The van der Waals surface area contributed by atoms with Crippen LogP contribution in [0.2, 0.25) is 0 Å². The van der Waals surface area contributed by atoms with Crippen LogP contribution in [0.5, 0.6) is 0 Å². The van der Waals surface area contributed by atoms with Crippen molar-refractivity contribution in [3.8, 4) is 0 Å². The van der Waals surface area contributed by atoms with E-state index in [9.17, 15) is 4.79 Å². The van der Waals surface area contributed by atoms with Crippen LogP contribution in [0.3, 0.4) is 0 Å². The third-order valence-electron chi connectivity index (χ3n) is 3.01. The Hall–Kier alpha value is -1.31. The fourth-order valence-corrected chi connectivity index (χ4v) is 2.18. The number of carbonyl (C=O) groups excluding carboxylic acids is 1. The molecule has 2 rings (SSSR count). The van der Waals surface area contributed by atoms with Gasteiger partial charge in [0.1, 0.15) is 6.54 Å². The SMILES string of the molecule is CC(C)NC(N)=NCC(=O)N1CCc2ccccc21.I. The zero-order chi connectivity index (χ0) is 13.8. The first-order chi connectivity index (χ1) is 9.08. The van der Waals surface area contributed by atoms with Crippen LogP contribution in [0, 0.1) is 0 Å². The minimum atomic E-state index is -0.0153. The number of nitrogens with one attached hydrogen (secondary N) is 1. The summed E-state index contributed by atoms with van der Waals surface area (Å²) in [5.41, 5.74) is 7.90. The van der Waals surface area contributed by atoms with E-state index in [2.05, 4.69) is 16.4 Å². The van der Waals surface area contributed by atoms with Crippen molar-refractivity contribution < 1.29 is 4.79 Å². The number of hydrogen-bond acceptors (Lipinski definition) is 2. The summed E-state index contributed by atoms with van der Waals surface area (Å²) in [5.74, 6) is 0.300. The van der Waals surface area contributed by atoms with Crippen LogP contribution in [0.4, 0.5) is 5.69 Å². The van der Waals surface area contributed by atoms with Gasteiger partial charge in [-0.25, -0.2) is 4.99 Å². The molecule has 3 N–H and O–H groups in total. The first-order valence-corrected chi connectivity index (χ1v) is 6.52. The fourth-order valence-electron chi connectivity index (χ4n) is 2.18. The summed E-state index contributed by atoms with van der Waals surface area (Å²) in [6.07, 6.45) is 0.908. The van der Waals surface area contributed by atoms with E-state index in [1.807, 2.05) is 32.0 Å². The molecule has 1 aromatic rings. The molecule has 0 aromatic heterocycles. The van der Waals surface area contributed by atoms with Gasteiger partial charge >= 0.3 is 0 Å². The molecule has 1 aromatic carbocycles. The normalized spacial score (nSPS) is 13.9. The maximum absolute atomic E-state index is 12.1. The highest BCUT2D eigenvalue weighted by atomic mass is 127. The Morgan fingerprint density at radius 1 is 1.45 bits per heavy atom. The zero-order valence-electron chi connectivity index (χ0n) is 11.8. The monoisotopic (exact) mass is 388 g/mol. The van der Waals surface area contributed by atoms with Crippen molar-refractivity contribution in [2.24, 2.45) is 10.7 Å². The Kier molecular flexibility index (Phi) is 6.25. The number of aliphatic imine (C=N–C) groups is 1. The minimum absolute atomic E-state index is 0. The summed E-state index contributed by atoms with van der Waals surface area (Å²) in [4.78, 5) is 18.0. The molecule has 1 aliphatic heterocycles. The van der Waals surface area contributed by atoms with Gasteiger partial charge < -0.3 is 16.0 Å². The van der Waals surface area contributed by atoms with E-state index in [0.717, 1.165) is 18.7 Å². The quantitative estimate of drug-likeness (QED) is 0.469. The first-order valence-electron chi connectivity index (χ1n) is 6.52. The van der Waals surface area contributed by atoms with Crippen LogP contribution in [-0.2, 0) is 11.2 Å². The molecule has 20 heavy (non-hydrogen) atoms. The van der Waals surface area contributed by atoms with Crippen LogP contribution in [0.15, 0.2) is 29.3 Å². The summed E-state index contributed by atoms with van der Waals surface area (Å²) in [7, 11) is 0. The Balaban J connectivity index is 0.00000200. The van der Waals surface area contributed by atoms with Gasteiger partial charge in [-0.2, -0.15) is 0 Å². The van der Waals surface area contributed by atoms with Crippen LogP contribution in [0.1, 0.15) is 19.4 Å². The van der Waals surface area contributed by atoms with Gasteiger partial charge in [-0.15, -0.1) is 24.0 Å². The molecule has 0 unspecified atom stereocenters. The number of nitrogens with zero attached hydrogens (tertiary/aromatic N) is 2. The second-order valence-corrected chi connectivity index (χ2v) is 4.92. The number of amides is 1. The number of hydrogen-bond donors (Lipinski definition) is 2. The molecule has 0 saturated heterocycles. The molecule has 1 amide bonds. The number of anilines is 1. The average molecular weight is 388 g/mol. The van der Waals surface area contributed by atoms with Gasteiger partial charge in [0.05, 0.1) is 0 Å². The molecule has 110 valence electrons. The Morgan fingerprint density at radius 2 is 2.15 bits per heavy atom. The molecule has 0 spiro atoms. The van der Waals surface area contributed by atoms with Gasteiger partial charge in [-0.3, -0.25) is 4.79 Å². The first kappa shape index (κ1) is 16.7. The third-order valence-corrected chi connectivity index (χ3v) is 3.01. The largest absolute Gasteiger partial charge is 0.370 e. The summed E-state index contributed by atoms with van der Waals surface area (Å²) in [5, 5.41) is 2.96. The number of fused-ring (bicyclic) bond motifs is 1. The molecule has 1 aliphatic rings. The summed E-state index contributed by atoms with van der Waals surface area (Å²) >= 11 is 0. The van der Waals surface area contributed by atoms with E-state index in [-0.39, 0.29) is 42.5 Å². The maximum atomic E-state index is 12.1. The van der Waals surface area contributed by atoms with E-state index in [1.54, 1.807) is 4.90 Å². The van der Waals surface area contributed by atoms with Gasteiger partial charge in [0.25, 0.3) is 0 Å². The molecule has 5 nitrogen and oxygen atoms in total. The highest BCUT2D eigenvalue weighted by molar-refractivity contribution is 14.0. The molecule has 1 heterocycles. The predicted molar refractivity (Wildman–Crippen MR) is 92.7 cm³/mol. The van der Waals surface area contributed by atoms with E-state index in [0.29, 0.717) is 5.96 Å². The molecule has 0 radical (unpaired) electrons. The smallest absolute Gasteiger partial charge is 0.248 e. The molecular formula is C14H21IN4O. The number of carbonyl (C=O) groups is 1. The fraction of sp³-hybridized carbons (Fsp3) is 0.429. The number of halogens is 1. The van der Waals surface area contributed by atoms with Crippen molar-refractivity contribution in [2.75, 3.05) is 18.0 Å². The van der Waals surface area contributed by atoms with Gasteiger partial charge in [-0.05, 0) is 31.9 Å². The van der Waals surface area contributed by atoms with Crippen molar-refractivity contribution in [3.63, 3.8) is 0 Å².